The monoisotopic (exact) mass is 447 g/mol. The third-order valence-electron chi connectivity index (χ3n) is 5.85. The first-order valence-corrected chi connectivity index (χ1v) is 11.8. The average molecular weight is 448 g/mol. The average Bonchev–Trinajstić information content (AvgIpc) is 3.61. The van der Waals surface area contributed by atoms with Crippen molar-refractivity contribution in [1.29, 1.82) is 0 Å². The maximum atomic E-state index is 13.3. The Morgan fingerprint density at radius 2 is 2.00 bits per heavy atom. The number of nitrogens with zero attached hydrogens (tertiary/aromatic N) is 2. The van der Waals surface area contributed by atoms with Crippen LogP contribution < -0.4 is 10.1 Å². The van der Waals surface area contributed by atoms with E-state index >= 15 is 0 Å². The van der Waals surface area contributed by atoms with Crippen molar-refractivity contribution in [3.8, 4) is 5.88 Å². The number of methoxy groups -OCH3 is 1. The zero-order valence-electron chi connectivity index (χ0n) is 19.8. The Kier molecular flexibility index (Phi) is 8.73. The Labute approximate surface area is 191 Å². The van der Waals surface area contributed by atoms with Crippen molar-refractivity contribution in [2.75, 3.05) is 20.3 Å². The molecule has 2 aliphatic rings. The molecule has 1 N–H and O–H groups in total. The van der Waals surface area contributed by atoms with Gasteiger partial charge in [-0.25, -0.2) is 9.78 Å². The fraction of sp³-hybridized carbons (Fsp3) is 0.708. The Morgan fingerprint density at radius 3 is 2.62 bits per heavy atom. The Hall–Kier alpha value is -2.35. The SMILES string of the molecule is COC(=O)NCCCc1cc([C@@H](C)N(C(=O)[C@H]2CCCCO2)C2CC2)cc(OC(C)C)n1. The second kappa shape index (κ2) is 11.5. The number of rotatable bonds is 10. The van der Waals surface area contributed by atoms with Gasteiger partial charge in [-0.1, -0.05) is 0 Å². The topological polar surface area (TPSA) is 90.0 Å². The van der Waals surface area contributed by atoms with Gasteiger partial charge in [-0.2, -0.15) is 0 Å². The van der Waals surface area contributed by atoms with Crippen LogP contribution in [-0.2, 0) is 20.7 Å². The third-order valence-corrected chi connectivity index (χ3v) is 5.85. The third kappa shape index (κ3) is 6.82. The number of alkyl carbamates (subject to hydrolysis) is 1. The first-order chi connectivity index (χ1) is 15.4. The van der Waals surface area contributed by atoms with Crippen LogP contribution >= 0.6 is 0 Å². The van der Waals surface area contributed by atoms with E-state index in [9.17, 15) is 9.59 Å². The normalized spacial score (nSPS) is 19.3. The maximum absolute atomic E-state index is 13.3. The van der Waals surface area contributed by atoms with Crippen LogP contribution in [0.2, 0.25) is 0 Å². The lowest BCUT2D eigenvalue weighted by molar-refractivity contribution is -0.149. The molecule has 0 spiro atoms. The van der Waals surface area contributed by atoms with Gasteiger partial charge in [-0.15, -0.1) is 0 Å². The van der Waals surface area contributed by atoms with Crippen molar-refractivity contribution in [2.45, 2.75) is 90.0 Å². The molecule has 0 aromatic carbocycles. The highest BCUT2D eigenvalue weighted by Crippen LogP contribution is 2.37. The summed E-state index contributed by atoms with van der Waals surface area (Å²) in [6.07, 6.45) is 5.57. The summed E-state index contributed by atoms with van der Waals surface area (Å²) < 4.78 is 16.3. The van der Waals surface area contributed by atoms with E-state index in [1.165, 1.54) is 7.11 Å². The van der Waals surface area contributed by atoms with E-state index < -0.39 is 6.09 Å². The zero-order chi connectivity index (χ0) is 23.1. The lowest BCUT2D eigenvalue weighted by Gasteiger charge is -2.34. The molecular weight excluding hydrogens is 410 g/mol. The highest BCUT2D eigenvalue weighted by atomic mass is 16.5. The molecule has 1 aromatic rings. The molecule has 2 amide bonds. The number of nitrogens with one attached hydrogen (secondary N) is 1. The molecule has 178 valence electrons. The Bertz CT molecular complexity index is 775. The van der Waals surface area contributed by atoms with E-state index in [1.807, 2.05) is 24.8 Å². The largest absolute Gasteiger partial charge is 0.475 e. The van der Waals surface area contributed by atoms with Crippen molar-refractivity contribution in [1.82, 2.24) is 15.2 Å². The number of pyridine rings is 1. The summed E-state index contributed by atoms with van der Waals surface area (Å²) in [6.45, 7) is 7.18. The Morgan fingerprint density at radius 1 is 1.22 bits per heavy atom. The number of ether oxygens (including phenoxy) is 3. The molecule has 1 aliphatic carbocycles. The number of aryl methyl sites for hydroxylation is 1. The molecule has 2 fully saturated rings. The van der Waals surface area contributed by atoms with Crippen LogP contribution in [0.1, 0.15) is 76.6 Å². The summed E-state index contributed by atoms with van der Waals surface area (Å²) >= 11 is 0. The first kappa shape index (κ1) is 24.3. The molecule has 3 rings (SSSR count). The fourth-order valence-corrected chi connectivity index (χ4v) is 4.09. The molecule has 8 nitrogen and oxygen atoms in total. The summed E-state index contributed by atoms with van der Waals surface area (Å²) in [7, 11) is 1.35. The fourth-order valence-electron chi connectivity index (χ4n) is 4.09. The van der Waals surface area contributed by atoms with Crippen LogP contribution in [0.15, 0.2) is 12.1 Å². The number of amides is 2. The summed E-state index contributed by atoms with van der Waals surface area (Å²) in [4.78, 5) is 31.3. The van der Waals surface area contributed by atoms with Gasteiger partial charge >= 0.3 is 6.09 Å². The zero-order valence-corrected chi connectivity index (χ0v) is 19.8. The van der Waals surface area contributed by atoms with E-state index in [2.05, 4.69) is 28.0 Å². The van der Waals surface area contributed by atoms with Crippen LogP contribution in [0, 0.1) is 0 Å². The minimum atomic E-state index is -0.437. The van der Waals surface area contributed by atoms with Gasteiger partial charge < -0.3 is 24.4 Å². The number of aromatic nitrogens is 1. The minimum absolute atomic E-state index is 0.00120. The highest BCUT2D eigenvalue weighted by Gasteiger charge is 2.40. The first-order valence-electron chi connectivity index (χ1n) is 11.8. The molecule has 0 radical (unpaired) electrons. The van der Waals surface area contributed by atoms with Crippen LogP contribution in [0.25, 0.3) is 0 Å². The molecule has 8 heteroatoms. The Balaban J connectivity index is 1.76. The highest BCUT2D eigenvalue weighted by molar-refractivity contribution is 5.82. The lowest BCUT2D eigenvalue weighted by Crippen LogP contribution is -2.44. The van der Waals surface area contributed by atoms with E-state index in [0.717, 1.165) is 49.8 Å². The number of carbonyl (C=O) groups is 2. The van der Waals surface area contributed by atoms with Crippen molar-refractivity contribution in [2.24, 2.45) is 0 Å². The van der Waals surface area contributed by atoms with Gasteiger partial charge in [0.15, 0.2) is 0 Å². The van der Waals surface area contributed by atoms with Crippen molar-refractivity contribution >= 4 is 12.0 Å². The van der Waals surface area contributed by atoms with Gasteiger partial charge in [-0.3, -0.25) is 4.79 Å². The molecule has 0 bridgehead atoms. The van der Waals surface area contributed by atoms with Crippen molar-refractivity contribution in [3.05, 3.63) is 23.4 Å². The standard InChI is InChI=1S/C24H37N3O5/c1-16(2)32-22-15-18(14-19(26-22)8-7-12-25-24(29)30-4)17(3)27(20-10-11-20)23(28)21-9-5-6-13-31-21/h14-17,20-21H,5-13H2,1-4H3,(H,25,29)/t17-,21-/m1/s1. The van der Waals surface area contributed by atoms with E-state index in [0.29, 0.717) is 25.5 Å². The number of carbonyl (C=O) groups excluding carboxylic acids is 2. The molecule has 1 aromatic heterocycles. The summed E-state index contributed by atoms with van der Waals surface area (Å²) in [5.41, 5.74) is 1.90. The number of hydrogen-bond acceptors (Lipinski definition) is 6. The molecular formula is C24H37N3O5. The van der Waals surface area contributed by atoms with Gasteiger partial charge in [0, 0.05) is 31.0 Å². The lowest BCUT2D eigenvalue weighted by atomic mass is 10.0. The molecule has 1 saturated carbocycles. The van der Waals surface area contributed by atoms with E-state index in [1.54, 1.807) is 0 Å². The van der Waals surface area contributed by atoms with Gasteiger partial charge in [0.2, 0.25) is 5.88 Å². The summed E-state index contributed by atoms with van der Waals surface area (Å²) in [5.74, 6) is 0.670. The molecule has 0 unspecified atom stereocenters. The van der Waals surface area contributed by atoms with Crippen LogP contribution in [0.3, 0.4) is 0 Å². The van der Waals surface area contributed by atoms with E-state index in [-0.39, 0.29) is 30.2 Å². The smallest absolute Gasteiger partial charge is 0.406 e. The number of hydrogen-bond donors (Lipinski definition) is 1. The molecule has 32 heavy (non-hydrogen) atoms. The van der Waals surface area contributed by atoms with Gasteiger partial charge in [0.05, 0.1) is 19.3 Å². The van der Waals surface area contributed by atoms with Gasteiger partial charge in [0.25, 0.3) is 5.91 Å². The predicted octanol–water partition coefficient (Wildman–Crippen LogP) is 3.78. The minimum Gasteiger partial charge on any atom is -0.475 e. The van der Waals surface area contributed by atoms with Crippen LogP contribution in [0.4, 0.5) is 4.79 Å². The van der Waals surface area contributed by atoms with Gasteiger partial charge in [-0.05, 0) is 77.3 Å². The van der Waals surface area contributed by atoms with Crippen molar-refractivity contribution in [3.63, 3.8) is 0 Å². The summed E-state index contributed by atoms with van der Waals surface area (Å²) in [6, 6.07) is 4.19. The van der Waals surface area contributed by atoms with Gasteiger partial charge in [0.1, 0.15) is 6.10 Å². The van der Waals surface area contributed by atoms with Crippen molar-refractivity contribution < 1.29 is 23.8 Å². The molecule has 2 atom stereocenters. The second-order valence-corrected chi connectivity index (χ2v) is 8.93. The van der Waals surface area contributed by atoms with Crippen LogP contribution in [0.5, 0.6) is 5.88 Å². The molecule has 1 aliphatic heterocycles. The van der Waals surface area contributed by atoms with E-state index in [4.69, 9.17) is 9.47 Å². The molecule has 2 heterocycles. The quantitative estimate of drug-likeness (QED) is 0.549. The summed E-state index contributed by atoms with van der Waals surface area (Å²) in [5, 5.41) is 2.69. The maximum Gasteiger partial charge on any atom is 0.406 e. The van der Waals surface area contributed by atoms with Crippen LogP contribution in [-0.4, -0.2) is 60.4 Å². The predicted molar refractivity (Wildman–Crippen MR) is 121 cm³/mol. The second-order valence-electron chi connectivity index (χ2n) is 8.93. The molecule has 1 saturated heterocycles.